The molecule has 108 valence electrons. The molecule has 0 atom stereocenters. The molecule has 0 aliphatic carbocycles. The Morgan fingerprint density at radius 1 is 1.05 bits per heavy atom. The highest BCUT2D eigenvalue weighted by Crippen LogP contribution is 2.27. The van der Waals surface area contributed by atoms with Crippen LogP contribution in [0.4, 0.5) is 0 Å². The van der Waals surface area contributed by atoms with Crippen molar-refractivity contribution >= 4 is 18.0 Å². The highest BCUT2D eigenvalue weighted by molar-refractivity contribution is 6.18. The quantitative estimate of drug-likeness (QED) is 0.449. The van der Waals surface area contributed by atoms with Gasteiger partial charge in [-0.3, -0.25) is 0 Å². The van der Waals surface area contributed by atoms with E-state index in [0.29, 0.717) is 5.76 Å². The third-order valence-electron chi connectivity index (χ3n) is 2.77. The Morgan fingerprint density at radius 3 is 2.05 bits per heavy atom. The Morgan fingerprint density at radius 2 is 1.60 bits per heavy atom. The van der Waals surface area contributed by atoms with Gasteiger partial charge in [-0.2, -0.15) is 0 Å². The van der Waals surface area contributed by atoms with Crippen LogP contribution in [0, 0.1) is 0 Å². The molecular formula is C15H18O5. The summed E-state index contributed by atoms with van der Waals surface area (Å²) in [6, 6.07) is 3.52. The van der Waals surface area contributed by atoms with Gasteiger partial charge < -0.3 is 13.9 Å². The molecule has 1 aliphatic heterocycles. The fourth-order valence-corrected chi connectivity index (χ4v) is 1.75. The van der Waals surface area contributed by atoms with Crippen molar-refractivity contribution in [3.63, 3.8) is 0 Å². The second kappa shape index (κ2) is 4.51. The van der Waals surface area contributed by atoms with Crippen molar-refractivity contribution in [2.24, 2.45) is 0 Å². The molecule has 0 spiro atoms. The van der Waals surface area contributed by atoms with Gasteiger partial charge in [-0.15, -0.1) is 0 Å². The van der Waals surface area contributed by atoms with Crippen LogP contribution in [0.25, 0.3) is 6.08 Å². The van der Waals surface area contributed by atoms with E-state index in [2.05, 4.69) is 0 Å². The third-order valence-corrected chi connectivity index (χ3v) is 2.77. The lowest BCUT2D eigenvalue weighted by Gasteiger charge is -2.29. The van der Waals surface area contributed by atoms with Gasteiger partial charge in [0, 0.05) is 25.3 Å². The lowest BCUT2D eigenvalue weighted by atomic mass is 9.94. The first-order valence-corrected chi connectivity index (χ1v) is 6.37. The van der Waals surface area contributed by atoms with Crippen LogP contribution < -0.4 is 0 Å². The van der Waals surface area contributed by atoms with E-state index in [0.717, 1.165) is 5.76 Å². The zero-order valence-corrected chi connectivity index (χ0v) is 12.3. The summed E-state index contributed by atoms with van der Waals surface area (Å²) in [6.07, 6.45) is 1.34. The number of cyclic esters (lactones) is 2. The highest BCUT2D eigenvalue weighted by Gasteiger charge is 2.39. The zero-order chi connectivity index (χ0) is 15.1. The SMILES string of the molecule is CC1(C)OC(=O)C(=Cc2ccc(C(C)(C)C)o2)C(=O)O1. The van der Waals surface area contributed by atoms with Gasteiger partial charge in [0.15, 0.2) is 0 Å². The van der Waals surface area contributed by atoms with Gasteiger partial charge in [0.1, 0.15) is 17.1 Å². The van der Waals surface area contributed by atoms with Gasteiger partial charge in [0.2, 0.25) is 0 Å². The minimum atomic E-state index is -1.23. The summed E-state index contributed by atoms with van der Waals surface area (Å²) in [4.78, 5) is 23.6. The molecule has 0 aromatic carbocycles. The van der Waals surface area contributed by atoms with Crippen LogP contribution in [0.3, 0.4) is 0 Å². The molecule has 0 N–H and O–H groups in total. The van der Waals surface area contributed by atoms with E-state index in [-0.39, 0.29) is 11.0 Å². The van der Waals surface area contributed by atoms with E-state index in [1.54, 1.807) is 6.07 Å². The van der Waals surface area contributed by atoms with Gasteiger partial charge in [-0.1, -0.05) is 20.8 Å². The summed E-state index contributed by atoms with van der Waals surface area (Å²) in [5, 5.41) is 0. The standard InChI is InChI=1S/C15H18O5/c1-14(2,3)11-7-6-9(18-11)8-10-12(16)19-15(4,5)20-13(10)17/h6-8H,1-5H3. The molecule has 1 aromatic rings. The molecular weight excluding hydrogens is 260 g/mol. The summed E-state index contributed by atoms with van der Waals surface area (Å²) < 4.78 is 15.6. The second-order valence-electron chi connectivity index (χ2n) is 6.19. The van der Waals surface area contributed by atoms with E-state index in [1.165, 1.54) is 19.9 Å². The maximum atomic E-state index is 11.8. The van der Waals surface area contributed by atoms with E-state index < -0.39 is 17.7 Å². The Balaban J connectivity index is 2.29. The molecule has 0 bridgehead atoms. The average molecular weight is 278 g/mol. The van der Waals surface area contributed by atoms with E-state index >= 15 is 0 Å². The zero-order valence-electron chi connectivity index (χ0n) is 12.3. The van der Waals surface area contributed by atoms with Crippen LogP contribution >= 0.6 is 0 Å². The predicted molar refractivity (Wildman–Crippen MR) is 71.6 cm³/mol. The molecule has 1 fully saturated rings. The molecule has 2 heterocycles. The summed E-state index contributed by atoms with van der Waals surface area (Å²) in [5.41, 5.74) is -0.314. The largest absolute Gasteiger partial charge is 0.461 e. The number of rotatable bonds is 1. The molecule has 0 unspecified atom stereocenters. The van der Waals surface area contributed by atoms with Crippen molar-refractivity contribution in [2.45, 2.75) is 45.8 Å². The number of hydrogen-bond donors (Lipinski definition) is 0. The molecule has 20 heavy (non-hydrogen) atoms. The summed E-state index contributed by atoms with van der Waals surface area (Å²) in [5.74, 6) is -1.47. The summed E-state index contributed by atoms with van der Waals surface area (Å²) in [7, 11) is 0. The first-order valence-electron chi connectivity index (χ1n) is 6.37. The van der Waals surface area contributed by atoms with Crippen LogP contribution in [-0.4, -0.2) is 17.7 Å². The summed E-state index contributed by atoms with van der Waals surface area (Å²) >= 11 is 0. The van der Waals surface area contributed by atoms with Crippen LogP contribution in [0.2, 0.25) is 0 Å². The number of furan rings is 1. The van der Waals surface area contributed by atoms with Crippen molar-refractivity contribution in [2.75, 3.05) is 0 Å². The molecule has 5 heteroatoms. The minimum absolute atomic E-state index is 0.146. The van der Waals surface area contributed by atoms with Gasteiger partial charge in [-0.05, 0) is 12.1 Å². The van der Waals surface area contributed by atoms with Crippen molar-refractivity contribution in [3.05, 3.63) is 29.2 Å². The van der Waals surface area contributed by atoms with Crippen LogP contribution in [0.1, 0.15) is 46.1 Å². The first kappa shape index (κ1) is 14.4. The Hall–Kier alpha value is -2.04. The maximum absolute atomic E-state index is 11.8. The smallest absolute Gasteiger partial charge is 0.348 e. The van der Waals surface area contributed by atoms with Crippen LogP contribution in [0.5, 0.6) is 0 Å². The van der Waals surface area contributed by atoms with Gasteiger partial charge in [-0.25, -0.2) is 9.59 Å². The van der Waals surface area contributed by atoms with Crippen molar-refractivity contribution in [1.29, 1.82) is 0 Å². The molecule has 1 saturated heterocycles. The van der Waals surface area contributed by atoms with Crippen LogP contribution in [-0.2, 0) is 24.5 Å². The molecule has 0 amide bonds. The number of ether oxygens (including phenoxy) is 2. The molecule has 1 aliphatic rings. The first-order chi connectivity index (χ1) is 9.08. The summed E-state index contributed by atoms with van der Waals surface area (Å²) in [6.45, 7) is 9.03. The fraction of sp³-hybridized carbons (Fsp3) is 0.467. The number of hydrogen-bond acceptors (Lipinski definition) is 5. The Kier molecular flexibility index (Phi) is 3.24. The Bertz CT molecular complexity index is 562. The molecule has 0 saturated carbocycles. The Labute approximate surface area is 117 Å². The highest BCUT2D eigenvalue weighted by atomic mass is 16.7. The number of carbonyl (C=O) groups is 2. The average Bonchev–Trinajstić information content (AvgIpc) is 2.70. The van der Waals surface area contributed by atoms with Gasteiger partial charge in [0.05, 0.1) is 0 Å². The van der Waals surface area contributed by atoms with Gasteiger partial charge >= 0.3 is 11.9 Å². The topological polar surface area (TPSA) is 65.7 Å². The maximum Gasteiger partial charge on any atom is 0.348 e. The van der Waals surface area contributed by atoms with E-state index in [9.17, 15) is 9.59 Å². The molecule has 0 radical (unpaired) electrons. The minimum Gasteiger partial charge on any atom is -0.461 e. The van der Waals surface area contributed by atoms with E-state index in [1.807, 2.05) is 26.8 Å². The lowest BCUT2D eigenvalue weighted by Crippen LogP contribution is -2.41. The second-order valence-corrected chi connectivity index (χ2v) is 6.19. The van der Waals surface area contributed by atoms with E-state index in [4.69, 9.17) is 13.9 Å². The number of carbonyl (C=O) groups excluding carboxylic acids is 2. The fourth-order valence-electron chi connectivity index (χ4n) is 1.75. The lowest BCUT2D eigenvalue weighted by molar-refractivity contribution is -0.222. The van der Waals surface area contributed by atoms with Gasteiger partial charge in [0.25, 0.3) is 5.79 Å². The molecule has 2 rings (SSSR count). The third kappa shape index (κ3) is 2.92. The van der Waals surface area contributed by atoms with Crippen molar-refractivity contribution in [1.82, 2.24) is 0 Å². The normalized spacial score (nSPS) is 18.6. The van der Waals surface area contributed by atoms with Crippen molar-refractivity contribution in [3.8, 4) is 0 Å². The predicted octanol–water partition coefficient (Wildman–Crippen LogP) is 2.80. The molecule has 1 aromatic heterocycles. The van der Waals surface area contributed by atoms with Crippen LogP contribution in [0.15, 0.2) is 22.1 Å². The number of esters is 2. The van der Waals surface area contributed by atoms with Crippen molar-refractivity contribution < 1.29 is 23.5 Å². The molecule has 5 nitrogen and oxygen atoms in total. The monoisotopic (exact) mass is 278 g/mol.